The molecule has 0 fully saturated rings. The number of amides is 2. The Kier molecular flexibility index (Phi) is 11.1. The van der Waals surface area contributed by atoms with Gasteiger partial charge in [-0.15, -0.1) is 0 Å². The van der Waals surface area contributed by atoms with Crippen molar-refractivity contribution in [2.24, 2.45) is 0 Å². The zero-order valence-corrected chi connectivity index (χ0v) is 24.5. The molecule has 40 heavy (non-hydrogen) atoms. The number of nitrogens with one attached hydrogen (secondary N) is 1. The summed E-state index contributed by atoms with van der Waals surface area (Å²) in [4.78, 5) is 28.7. The van der Waals surface area contributed by atoms with Crippen LogP contribution in [0.25, 0.3) is 0 Å². The predicted octanol–water partition coefficient (Wildman–Crippen LogP) is 4.92. The van der Waals surface area contributed by atoms with Crippen LogP contribution in [0, 0.1) is 6.92 Å². The second-order valence-corrected chi connectivity index (χ2v) is 11.3. The zero-order valence-electron chi connectivity index (χ0n) is 23.7. The van der Waals surface area contributed by atoms with Gasteiger partial charge in [-0.2, -0.15) is 0 Å². The van der Waals surface area contributed by atoms with Crippen molar-refractivity contribution < 1.29 is 22.7 Å². The van der Waals surface area contributed by atoms with Crippen molar-refractivity contribution in [2.75, 3.05) is 24.0 Å². The predicted molar refractivity (Wildman–Crippen MR) is 158 cm³/mol. The van der Waals surface area contributed by atoms with Gasteiger partial charge >= 0.3 is 0 Å². The van der Waals surface area contributed by atoms with E-state index >= 15 is 0 Å². The molecule has 0 aliphatic carbocycles. The van der Waals surface area contributed by atoms with Crippen LogP contribution in [-0.4, -0.2) is 50.9 Å². The van der Waals surface area contributed by atoms with E-state index in [-0.39, 0.29) is 17.3 Å². The first kappa shape index (κ1) is 30.7. The monoisotopic (exact) mass is 565 g/mol. The van der Waals surface area contributed by atoms with Crippen molar-refractivity contribution in [3.8, 4) is 5.75 Å². The fraction of sp³-hybridized carbons (Fsp3) is 0.355. The molecule has 0 bridgehead atoms. The van der Waals surface area contributed by atoms with E-state index in [4.69, 9.17) is 4.74 Å². The highest BCUT2D eigenvalue weighted by atomic mass is 32.2. The van der Waals surface area contributed by atoms with Gasteiger partial charge in [0.15, 0.2) is 0 Å². The minimum absolute atomic E-state index is 0.0644. The molecule has 0 aliphatic rings. The maximum Gasteiger partial charge on any atom is 0.264 e. The van der Waals surface area contributed by atoms with Gasteiger partial charge in [-0.3, -0.25) is 13.9 Å². The summed E-state index contributed by atoms with van der Waals surface area (Å²) in [7, 11) is -4.11. The molecule has 9 heteroatoms. The van der Waals surface area contributed by atoms with Crippen LogP contribution in [-0.2, 0) is 26.2 Å². The average Bonchev–Trinajstić information content (AvgIpc) is 2.96. The molecule has 3 aromatic rings. The van der Waals surface area contributed by atoms with Crippen LogP contribution >= 0.6 is 0 Å². The third kappa shape index (κ3) is 7.85. The fourth-order valence-electron chi connectivity index (χ4n) is 4.30. The van der Waals surface area contributed by atoms with Gasteiger partial charge in [0, 0.05) is 13.1 Å². The SMILES string of the molecule is CCCNC(=O)[C@H](CC)N(Cc1ccc(C)cc1)C(=O)CN(c1ccc(OCC)cc1)S(=O)(=O)c1ccccc1. The number of nitrogens with zero attached hydrogens (tertiary/aromatic N) is 2. The minimum atomic E-state index is -4.11. The fourth-order valence-corrected chi connectivity index (χ4v) is 5.73. The molecule has 0 saturated carbocycles. The first-order valence-corrected chi connectivity index (χ1v) is 15.1. The Balaban J connectivity index is 2.03. The summed E-state index contributed by atoms with van der Waals surface area (Å²) in [6, 6.07) is 21.6. The number of carbonyl (C=O) groups excluding carboxylic acids is 2. The lowest BCUT2D eigenvalue weighted by Crippen LogP contribution is -2.52. The van der Waals surface area contributed by atoms with Crippen molar-refractivity contribution in [2.45, 2.75) is 58.0 Å². The lowest BCUT2D eigenvalue weighted by Gasteiger charge is -2.33. The number of ether oxygens (including phenoxy) is 1. The maximum atomic E-state index is 14.0. The Labute approximate surface area is 238 Å². The van der Waals surface area contributed by atoms with E-state index in [0.717, 1.165) is 21.9 Å². The van der Waals surface area contributed by atoms with Crippen LogP contribution < -0.4 is 14.4 Å². The van der Waals surface area contributed by atoms with Gasteiger partial charge in [-0.05, 0) is 68.7 Å². The molecular formula is C31H39N3O5S. The van der Waals surface area contributed by atoms with E-state index in [1.54, 1.807) is 42.5 Å². The minimum Gasteiger partial charge on any atom is -0.494 e. The van der Waals surface area contributed by atoms with E-state index in [0.29, 0.717) is 31.0 Å². The van der Waals surface area contributed by atoms with Gasteiger partial charge in [0.25, 0.3) is 10.0 Å². The van der Waals surface area contributed by atoms with Crippen LogP contribution in [0.15, 0.2) is 83.8 Å². The number of benzene rings is 3. The molecule has 1 atom stereocenters. The van der Waals surface area contributed by atoms with Crippen molar-refractivity contribution in [3.05, 3.63) is 90.0 Å². The molecule has 0 aromatic heterocycles. The molecule has 0 heterocycles. The molecule has 0 aliphatic heterocycles. The van der Waals surface area contributed by atoms with Gasteiger partial charge in [-0.1, -0.05) is 61.9 Å². The smallest absolute Gasteiger partial charge is 0.264 e. The summed E-state index contributed by atoms with van der Waals surface area (Å²) in [5.74, 6) is -0.148. The highest BCUT2D eigenvalue weighted by Crippen LogP contribution is 2.27. The molecule has 3 rings (SSSR count). The van der Waals surface area contributed by atoms with E-state index in [9.17, 15) is 18.0 Å². The van der Waals surface area contributed by atoms with Gasteiger partial charge in [-0.25, -0.2) is 8.42 Å². The molecule has 214 valence electrons. The van der Waals surface area contributed by atoms with E-state index in [2.05, 4.69) is 5.32 Å². The Morgan fingerprint density at radius 1 is 0.900 bits per heavy atom. The topological polar surface area (TPSA) is 96.0 Å². The summed E-state index contributed by atoms with van der Waals surface area (Å²) in [5, 5.41) is 2.89. The summed E-state index contributed by atoms with van der Waals surface area (Å²) in [6.07, 6.45) is 1.14. The van der Waals surface area contributed by atoms with Crippen LogP contribution in [0.5, 0.6) is 5.75 Å². The normalized spacial score (nSPS) is 11.9. The second kappa shape index (κ2) is 14.5. The van der Waals surface area contributed by atoms with Crippen molar-refractivity contribution in [1.82, 2.24) is 10.2 Å². The van der Waals surface area contributed by atoms with Gasteiger partial charge < -0.3 is 15.0 Å². The Bertz CT molecular complexity index is 1340. The number of aryl methyl sites for hydroxylation is 1. The van der Waals surface area contributed by atoms with Crippen molar-refractivity contribution in [1.29, 1.82) is 0 Å². The summed E-state index contributed by atoms with van der Waals surface area (Å²) in [6.45, 7) is 8.29. The zero-order chi connectivity index (χ0) is 29.1. The number of hydrogen-bond donors (Lipinski definition) is 1. The largest absolute Gasteiger partial charge is 0.494 e. The number of sulfonamides is 1. The Morgan fingerprint density at radius 3 is 2.12 bits per heavy atom. The average molecular weight is 566 g/mol. The number of carbonyl (C=O) groups is 2. The number of hydrogen-bond acceptors (Lipinski definition) is 5. The lowest BCUT2D eigenvalue weighted by atomic mass is 10.1. The molecule has 2 amide bonds. The molecule has 8 nitrogen and oxygen atoms in total. The van der Waals surface area contributed by atoms with Gasteiger partial charge in [0.2, 0.25) is 11.8 Å². The lowest BCUT2D eigenvalue weighted by molar-refractivity contribution is -0.140. The molecule has 1 N–H and O–H groups in total. The highest BCUT2D eigenvalue weighted by Gasteiger charge is 2.33. The molecule has 0 spiro atoms. The molecule has 0 radical (unpaired) electrons. The second-order valence-electron chi connectivity index (χ2n) is 9.47. The van der Waals surface area contributed by atoms with E-state index < -0.39 is 28.5 Å². The van der Waals surface area contributed by atoms with Gasteiger partial charge in [0.1, 0.15) is 18.3 Å². The van der Waals surface area contributed by atoms with E-state index in [1.165, 1.54) is 17.0 Å². The Hall–Kier alpha value is -3.85. The number of anilines is 1. The van der Waals surface area contributed by atoms with Crippen LogP contribution in [0.4, 0.5) is 5.69 Å². The summed E-state index contributed by atoms with van der Waals surface area (Å²) >= 11 is 0. The molecule has 0 saturated heterocycles. The van der Waals surface area contributed by atoms with Crippen molar-refractivity contribution >= 4 is 27.5 Å². The molecule has 3 aromatic carbocycles. The third-order valence-electron chi connectivity index (χ3n) is 6.45. The highest BCUT2D eigenvalue weighted by molar-refractivity contribution is 7.92. The summed E-state index contributed by atoms with van der Waals surface area (Å²) in [5.41, 5.74) is 2.24. The molecular weight excluding hydrogens is 526 g/mol. The van der Waals surface area contributed by atoms with Crippen LogP contribution in [0.1, 0.15) is 44.7 Å². The molecule has 0 unspecified atom stereocenters. The quantitative estimate of drug-likeness (QED) is 0.299. The first-order chi connectivity index (χ1) is 19.2. The first-order valence-electron chi connectivity index (χ1n) is 13.6. The van der Waals surface area contributed by atoms with E-state index in [1.807, 2.05) is 52.0 Å². The maximum absolute atomic E-state index is 14.0. The standard InChI is InChI=1S/C31H39N3O5S/c1-5-21-32-31(36)29(6-2)33(22-25-15-13-24(4)14-16-25)30(35)23-34(26-17-19-27(20-18-26)39-7-3)40(37,38)28-11-9-8-10-12-28/h8-20,29H,5-7,21-23H2,1-4H3,(H,32,36)/t29-/m0/s1. The van der Waals surface area contributed by atoms with Crippen LogP contribution in [0.2, 0.25) is 0 Å². The summed E-state index contributed by atoms with van der Waals surface area (Å²) < 4.78 is 34.3. The Morgan fingerprint density at radius 2 is 1.55 bits per heavy atom. The van der Waals surface area contributed by atoms with Gasteiger partial charge in [0.05, 0.1) is 17.2 Å². The van der Waals surface area contributed by atoms with Crippen LogP contribution in [0.3, 0.4) is 0 Å². The third-order valence-corrected chi connectivity index (χ3v) is 8.24. The number of rotatable bonds is 14. The van der Waals surface area contributed by atoms with Crippen molar-refractivity contribution in [3.63, 3.8) is 0 Å².